The minimum absolute atomic E-state index is 0.0562. The van der Waals surface area contributed by atoms with Gasteiger partial charge in [0.2, 0.25) is 0 Å². The maximum absolute atomic E-state index is 12.0. The van der Waals surface area contributed by atoms with Gasteiger partial charge in [-0.3, -0.25) is 19.7 Å². The van der Waals surface area contributed by atoms with E-state index >= 15 is 0 Å². The van der Waals surface area contributed by atoms with Crippen LogP contribution in [-0.4, -0.2) is 16.7 Å². The third-order valence-electron chi connectivity index (χ3n) is 3.25. The summed E-state index contributed by atoms with van der Waals surface area (Å²) < 4.78 is 0. The molecule has 0 aromatic heterocycles. The number of carbonyl (C=O) groups excluding carboxylic acids is 2. The Hall–Kier alpha value is -2.93. The Kier molecular flexibility index (Phi) is 5.49. The fraction of sp³-hybridized carbons (Fsp3) is 0.125. The summed E-state index contributed by atoms with van der Waals surface area (Å²) >= 11 is 5.70. The number of amides is 2. The summed E-state index contributed by atoms with van der Waals surface area (Å²) in [5.41, 5.74) is 1.18. The molecular weight excluding hydrogens is 334 g/mol. The Labute approximate surface area is 142 Å². The molecule has 0 aliphatic heterocycles. The number of halogens is 1. The molecule has 0 unspecified atom stereocenters. The largest absolute Gasteiger partial charge is 0.318 e. The number of hydrogen-bond acceptors (Lipinski definition) is 4. The number of carbonyl (C=O) groups is 2. The molecule has 24 heavy (non-hydrogen) atoms. The first-order chi connectivity index (χ1) is 11.4. The normalized spacial score (nSPS) is 10.1. The van der Waals surface area contributed by atoms with Crippen LogP contribution in [0.2, 0.25) is 5.02 Å². The minimum Gasteiger partial charge on any atom is -0.318 e. The summed E-state index contributed by atoms with van der Waals surface area (Å²) in [4.78, 5) is 34.1. The maximum Gasteiger partial charge on any atom is 0.314 e. The van der Waals surface area contributed by atoms with Crippen LogP contribution in [0.15, 0.2) is 42.5 Å². The van der Waals surface area contributed by atoms with E-state index in [2.05, 4.69) is 10.6 Å². The number of para-hydroxylation sites is 1. The van der Waals surface area contributed by atoms with Gasteiger partial charge in [0, 0.05) is 17.4 Å². The van der Waals surface area contributed by atoms with Gasteiger partial charge in [-0.05, 0) is 30.2 Å². The lowest BCUT2D eigenvalue weighted by atomic mass is 10.1. The quantitative estimate of drug-likeness (QED) is 0.502. The van der Waals surface area contributed by atoms with Crippen LogP contribution >= 0.6 is 11.6 Å². The van der Waals surface area contributed by atoms with Crippen LogP contribution < -0.4 is 10.6 Å². The molecule has 8 heteroatoms. The first kappa shape index (κ1) is 17.4. The van der Waals surface area contributed by atoms with E-state index in [9.17, 15) is 19.7 Å². The van der Waals surface area contributed by atoms with Crippen molar-refractivity contribution < 1.29 is 14.5 Å². The van der Waals surface area contributed by atoms with Crippen LogP contribution in [0.4, 0.5) is 17.1 Å². The predicted molar refractivity (Wildman–Crippen MR) is 91.2 cm³/mol. The van der Waals surface area contributed by atoms with E-state index in [1.54, 1.807) is 12.1 Å². The van der Waals surface area contributed by atoms with Gasteiger partial charge in [0.1, 0.15) is 5.02 Å². The van der Waals surface area contributed by atoms with E-state index in [-0.39, 0.29) is 16.4 Å². The highest BCUT2D eigenvalue weighted by molar-refractivity contribution is 6.43. The molecule has 0 atom stereocenters. The summed E-state index contributed by atoms with van der Waals surface area (Å²) in [5, 5.41) is 15.6. The van der Waals surface area contributed by atoms with Crippen LogP contribution in [0.25, 0.3) is 0 Å². The van der Waals surface area contributed by atoms with Crippen molar-refractivity contribution in [1.29, 1.82) is 0 Å². The van der Waals surface area contributed by atoms with Gasteiger partial charge in [0.15, 0.2) is 0 Å². The highest BCUT2D eigenvalue weighted by Crippen LogP contribution is 2.27. The van der Waals surface area contributed by atoms with E-state index in [1.165, 1.54) is 12.1 Å². The predicted octanol–water partition coefficient (Wildman–Crippen LogP) is 3.39. The number of nitro groups is 1. The third-order valence-corrected chi connectivity index (χ3v) is 3.57. The van der Waals surface area contributed by atoms with Crippen LogP contribution in [0, 0.1) is 10.1 Å². The average molecular weight is 348 g/mol. The molecule has 7 nitrogen and oxygen atoms in total. The first-order valence-corrected chi connectivity index (χ1v) is 7.44. The maximum atomic E-state index is 12.0. The number of nitrogens with zero attached hydrogens (tertiary/aromatic N) is 1. The molecule has 0 bridgehead atoms. The Morgan fingerprint density at radius 1 is 1.12 bits per heavy atom. The Morgan fingerprint density at radius 3 is 2.46 bits per heavy atom. The van der Waals surface area contributed by atoms with Crippen molar-refractivity contribution in [3.63, 3.8) is 0 Å². The number of hydrogen-bond donors (Lipinski definition) is 2. The first-order valence-electron chi connectivity index (χ1n) is 7.06. The third kappa shape index (κ3) is 4.08. The van der Waals surface area contributed by atoms with Gasteiger partial charge < -0.3 is 10.6 Å². The Morgan fingerprint density at radius 2 is 1.79 bits per heavy atom. The second kappa shape index (κ2) is 7.56. The molecule has 0 radical (unpaired) electrons. The lowest BCUT2D eigenvalue weighted by Gasteiger charge is -2.10. The Balaban J connectivity index is 2.11. The number of nitro benzene ring substituents is 1. The van der Waals surface area contributed by atoms with Gasteiger partial charge >= 0.3 is 11.8 Å². The molecule has 0 saturated heterocycles. The van der Waals surface area contributed by atoms with E-state index in [1.807, 2.05) is 19.1 Å². The molecule has 2 N–H and O–H groups in total. The van der Waals surface area contributed by atoms with Crippen LogP contribution in [0.3, 0.4) is 0 Å². The standard InChI is InChI=1S/C16H14ClN3O4/c1-2-10-5-3-4-6-13(10)19-16(22)15(21)18-11-7-8-12(17)14(9-11)20(23)24/h3-9H,2H2,1H3,(H,18,21)(H,19,22). The molecule has 124 valence electrons. The van der Waals surface area contributed by atoms with Gasteiger partial charge in [-0.1, -0.05) is 36.7 Å². The SMILES string of the molecule is CCc1ccccc1NC(=O)C(=O)Nc1ccc(Cl)c([N+](=O)[O-])c1. The number of anilines is 2. The van der Waals surface area contributed by atoms with Gasteiger partial charge in [-0.2, -0.15) is 0 Å². The molecule has 0 spiro atoms. The van der Waals surface area contributed by atoms with Crippen LogP contribution in [0.5, 0.6) is 0 Å². The summed E-state index contributed by atoms with van der Waals surface area (Å²) in [5.74, 6) is -1.80. The summed E-state index contributed by atoms with van der Waals surface area (Å²) in [6.07, 6.45) is 0.696. The lowest BCUT2D eigenvalue weighted by molar-refractivity contribution is -0.384. The number of rotatable bonds is 4. The van der Waals surface area contributed by atoms with Gasteiger partial charge in [-0.15, -0.1) is 0 Å². The zero-order valence-corrected chi connectivity index (χ0v) is 13.5. The average Bonchev–Trinajstić information content (AvgIpc) is 2.56. The second-order valence-electron chi connectivity index (χ2n) is 4.84. The molecule has 2 aromatic rings. The van der Waals surface area contributed by atoms with E-state index in [4.69, 9.17) is 11.6 Å². The van der Waals surface area contributed by atoms with Gasteiger partial charge in [-0.25, -0.2) is 0 Å². The van der Waals surface area contributed by atoms with E-state index in [0.717, 1.165) is 11.6 Å². The highest BCUT2D eigenvalue weighted by Gasteiger charge is 2.18. The lowest BCUT2D eigenvalue weighted by Crippen LogP contribution is -2.29. The zero-order valence-electron chi connectivity index (χ0n) is 12.7. The molecule has 0 saturated carbocycles. The topological polar surface area (TPSA) is 101 Å². The fourth-order valence-electron chi connectivity index (χ4n) is 2.05. The molecule has 0 fully saturated rings. The smallest absolute Gasteiger partial charge is 0.314 e. The summed E-state index contributed by atoms with van der Waals surface area (Å²) in [6.45, 7) is 1.93. The van der Waals surface area contributed by atoms with Crippen molar-refractivity contribution in [3.05, 3.63) is 63.2 Å². The molecule has 2 rings (SSSR count). The minimum atomic E-state index is -0.933. The molecule has 2 aromatic carbocycles. The van der Waals surface area contributed by atoms with Crippen molar-refractivity contribution in [1.82, 2.24) is 0 Å². The Bertz CT molecular complexity index is 808. The van der Waals surface area contributed by atoms with Crippen LogP contribution in [-0.2, 0) is 16.0 Å². The number of benzene rings is 2. The zero-order chi connectivity index (χ0) is 17.7. The van der Waals surface area contributed by atoms with Crippen molar-refractivity contribution in [2.45, 2.75) is 13.3 Å². The molecule has 0 aliphatic rings. The summed E-state index contributed by atoms with van der Waals surface area (Å²) in [7, 11) is 0. The van der Waals surface area contributed by atoms with E-state index < -0.39 is 16.7 Å². The highest BCUT2D eigenvalue weighted by atomic mass is 35.5. The number of aryl methyl sites for hydroxylation is 1. The van der Waals surface area contributed by atoms with Crippen molar-refractivity contribution >= 4 is 40.5 Å². The second-order valence-corrected chi connectivity index (χ2v) is 5.25. The van der Waals surface area contributed by atoms with Crippen molar-refractivity contribution in [2.75, 3.05) is 10.6 Å². The van der Waals surface area contributed by atoms with Crippen molar-refractivity contribution in [2.24, 2.45) is 0 Å². The molecular formula is C16H14ClN3O4. The van der Waals surface area contributed by atoms with Crippen LogP contribution in [0.1, 0.15) is 12.5 Å². The van der Waals surface area contributed by atoms with Gasteiger partial charge in [0.25, 0.3) is 5.69 Å². The van der Waals surface area contributed by atoms with Crippen molar-refractivity contribution in [3.8, 4) is 0 Å². The summed E-state index contributed by atoms with van der Waals surface area (Å²) in [6, 6.07) is 10.9. The van der Waals surface area contributed by atoms with E-state index in [0.29, 0.717) is 12.1 Å². The molecule has 2 amide bonds. The molecule has 0 heterocycles. The monoisotopic (exact) mass is 347 g/mol. The fourth-order valence-corrected chi connectivity index (χ4v) is 2.23. The molecule has 0 aliphatic carbocycles. The number of nitrogens with one attached hydrogen (secondary N) is 2. The van der Waals surface area contributed by atoms with Gasteiger partial charge in [0.05, 0.1) is 4.92 Å².